The Kier molecular flexibility index (Phi) is 6.69. The fourth-order valence-corrected chi connectivity index (χ4v) is 1.81. The van der Waals surface area contributed by atoms with Crippen molar-refractivity contribution in [3.63, 3.8) is 0 Å². The second-order valence-electron chi connectivity index (χ2n) is 5.58. The minimum Gasteiger partial charge on any atom is -0.491 e. The summed E-state index contributed by atoms with van der Waals surface area (Å²) in [4.78, 5) is 12.4. The summed E-state index contributed by atoms with van der Waals surface area (Å²) in [5.41, 5.74) is -0.0424. The number of carbonyl (C=O) groups is 1. The molecule has 1 aromatic rings. The molecule has 0 fully saturated rings. The van der Waals surface area contributed by atoms with E-state index in [4.69, 9.17) is 9.47 Å². The highest BCUT2D eigenvalue weighted by molar-refractivity contribution is 5.97. The molecule has 0 aliphatic rings. The van der Waals surface area contributed by atoms with Crippen LogP contribution in [0.25, 0.3) is 0 Å². The van der Waals surface area contributed by atoms with Crippen LogP contribution in [0.4, 0.5) is 5.69 Å². The fraction of sp³-hybridized carbons (Fsp3) is 0.588. The highest BCUT2D eigenvalue weighted by Gasteiger charge is 2.32. The van der Waals surface area contributed by atoms with Gasteiger partial charge in [0.25, 0.3) is 5.91 Å². The quantitative estimate of drug-likeness (QED) is 0.788. The summed E-state index contributed by atoms with van der Waals surface area (Å²) in [6.07, 6.45) is 1.66. The van der Waals surface area contributed by atoms with E-state index in [-0.39, 0.29) is 12.0 Å². The summed E-state index contributed by atoms with van der Waals surface area (Å²) in [6, 6.07) is 7.38. The zero-order chi connectivity index (χ0) is 15.9. The van der Waals surface area contributed by atoms with Gasteiger partial charge >= 0.3 is 0 Å². The van der Waals surface area contributed by atoms with Crippen molar-refractivity contribution in [2.75, 3.05) is 11.9 Å². The Morgan fingerprint density at radius 3 is 2.33 bits per heavy atom. The molecule has 0 bridgehead atoms. The normalized spacial score (nSPS) is 13.8. The van der Waals surface area contributed by atoms with Crippen LogP contribution in [-0.2, 0) is 9.53 Å². The van der Waals surface area contributed by atoms with E-state index in [1.807, 2.05) is 58.9 Å². The SMILES string of the molecule is CCCO[C@](C)(CC)C(=O)Nc1ccc(OC(C)C)cc1. The van der Waals surface area contributed by atoms with Crippen molar-refractivity contribution in [2.24, 2.45) is 0 Å². The number of carbonyl (C=O) groups excluding carboxylic acids is 1. The number of nitrogens with one attached hydrogen (secondary N) is 1. The van der Waals surface area contributed by atoms with Gasteiger partial charge < -0.3 is 14.8 Å². The molecule has 0 saturated heterocycles. The van der Waals surface area contributed by atoms with Crippen LogP contribution in [0.15, 0.2) is 24.3 Å². The third kappa shape index (κ3) is 5.38. The van der Waals surface area contributed by atoms with Crippen molar-refractivity contribution in [3.05, 3.63) is 24.3 Å². The Labute approximate surface area is 127 Å². The fourth-order valence-electron chi connectivity index (χ4n) is 1.81. The third-order valence-corrected chi connectivity index (χ3v) is 3.26. The Bertz CT molecular complexity index is 442. The first-order valence-corrected chi connectivity index (χ1v) is 7.63. The zero-order valence-electron chi connectivity index (χ0n) is 13.7. The standard InChI is InChI=1S/C17H27NO3/c1-6-12-20-17(5,7-2)16(19)18-14-8-10-15(11-9-14)21-13(3)4/h8-11,13H,6-7,12H2,1-5H3,(H,18,19)/t17-/m1/s1. The van der Waals surface area contributed by atoms with E-state index in [1.165, 1.54) is 0 Å². The Hall–Kier alpha value is -1.55. The molecule has 0 aliphatic heterocycles. The van der Waals surface area contributed by atoms with Crippen LogP contribution >= 0.6 is 0 Å². The van der Waals surface area contributed by atoms with E-state index < -0.39 is 5.60 Å². The molecular weight excluding hydrogens is 266 g/mol. The number of anilines is 1. The van der Waals surface area contributed by atoms with Crippen molar-refractivity contribution < 1.29 is 14.3 Å². The number of amides is 1. The molecule has 0 aliphatic carbocycles. The summed E-state index contributed by atoms with van der Waals surface area (Å²) < 4.78 is 11.3. The first-order valence-electron chi connectivity index (χ1n) is 7.63. The number of hydrogen-bond donors (Lipinski definition) is 1. The number of hydrogen-bond acceptors (Lipinski definition) is 3. The maximum Gasteiger partial charge on any atom is 0.256 e. The molecule has 4 nitrogen and oxygen atoms in total. The smallest absolute Gasteiger partial charge is 0.256 e. The first-order chi connectivity index (χ1) is 9.91. The zero-order valence-corrected chi connectivity index (χ0v) is 13.7. The van der Waals surface area contributed by atoms with E-state index in [0.717, 1.165) is 17.9 Å². The predicted molar refractivity (Wildman–Crippen MR) is 85.8 cm³/mol. The molecule has 0 radical (unpaired) electrons. The lowest BCUT2D eigenvalue weighted by molar-refractivity contribution is -0.139. The van der Waals surface area contributed by atoms with Crippen LogP contribution in [0.2, 0.25) is 0 Å². The lowest BCUT2D eigenvalue weighted by Gasteiger charge is -2.27. The first kappa shape index (κ1) is 17.5. The molecule has 0 spiro atoms. The van der Waals surface area contributed by atoms with Gasteiger partial charge in [-0.25, -0.2) is 0 Å². The Morgan fingerprint density at radius 2 is 1.86 bits per heavy atom. The molecule has 118 valence electrons. The molecule has 0 saturated carbocycles. The molecule has 1 N–H and O–H groups in total. The van der Waals surface area contributed by atoms with Gasteiger partial charge in [0.1, 0.15) is 11.4 Å². The van der Waals surface area contributed by atoms with Crippen molar-refractivity contribution in [3.8, 4) is 5.75 Å². The monoisotopic (exact) mass is 293 g/mol. The van der Waals surface area contributed by atoms with Crippen LogP contribution in [0.1, 0.15) is 47.5 Å². The highest BCUT2D eigenvalue weighted by atomic mass is 16.5. The topological polar surface area (TPSA) is 47.6 Å². The minimum absolute atomic E-state index is 0.115. The third-order valence-electron chi connectivity index (χ3n) is 3.26. The summed E-state index contributed by atoms with van der Waals surface area (Å²) in [6.45, 7) is 10.4. The average molecular weight is 293 g/mol. The molecule has 0 unspecified atom stereocenters. The summed E-state index contributed by atoms with van der Waals surface area (Å²) in [5, 5.41) is 2.90. The second-order valence-corrected chi connectivity index (χ2v) is 5.58. The van der Waals surface area contributed by atoms with Crippen molar-refractivity contribution in [1.29, 1.82) is 0 Å². The van der Waals surface area contributed by atoms with Gasteiger partial charge in [-0.2, -0.15) is 0 Å². The molecule has 21 heavy (non-hydrogen) atoms. The van der Waals surface area contributed by atoms with Gasteiger partial charge in [0, 0.05) is 12.3 Å². The van der Waals surface area contributed by atoms with Crippen molar-refractivity contribution in [1.82, 2.24) is 0 Å². The van der Waals surface area contributed by atoms with Gasteiger partial charge in [-0.1, -0.05) is 13.8 Å². The summed E-state index contributed by atoms with van der Waals surface area (Å²) in [5.74, 6) is 0.680. The van der Waals surface area contributed by atoms with Gasteiger partial charge in [0.05, 0.1) is 6.10 Å². The molecule has 1 atom stereocenters. The summed E-state index contributed by atoms with van der Waals surface area (Å²) >= 11 is 0. The largest absolute Gasteiger partial charge is 0.491 e. The van der Waals surface area contributed by atoms with Gasteiger partial charge in [0.15, 0.2) is 0 Å². The molecule has 1 amide bonds. The van der Waals surface area contributed by atoms with E-state index >= 15 is 0 Å². The highest BCUT2D eigenvalue weighted by Crippen LogP contribution is 2.21. The van der Waals surface area contributed by atoms with Crippen molar-refractivity contribution >= 4 is 11.6 Å². The average Bonchev–Trinajstić information content (AvgIpc) is 2.46. The van der Waals surface area contributed by atoms with Gasteiger partial charge in [-0.05, 0) is 57.9 Å². The van der Waals surface area contributed by atoms with Gasteiger partial charge in [-0.15, -0.1) is 0 Å². The maximum atomic E-state index is 12.4. The summed E-state index contributed by atoms with van der Waals surface area (Å²) in [7, 11) is 0. The lowest BCUT2D eigenvalue weighted by Crippen LogP contribution is -2.42. The van der Waals surface area contributed by atoms with E-state index in [0.29, 0.717) is 13.0 Å². The van der Waals surface area contributed by atoms with E-state index in [2.05, 4.69) is 5.32 Å². The minimum atomic E-state index is -0.789. The molecule has 0 heterocycles. The van der Waals surface area contributed by atoms with Crippen LogP contribution < -0.4 is 10.1 Å². The molecule has 1 rings (SSSR count). The number of benzene rings is 1. The maximum absolute atomic E-state index is 12.4. The van der Waals surface area contributed by atoms with Gasteiger partial charge in [0.2, 0.25) is 0 Å². The Balaban J connectivity index is 2.68. The second kappa shape index (κ2) is 8.03. The molecular formula is C17H27NO3. The van der Waals surface area contributed by atoms with Crippen LogP contribution in [0.5, 0.6) is 5.75 Å². The molecule has 4 heteroatoms. The van der Waals surface area contributed by atoms with Gasteiger partial charge in [-0.3, -0.25) is 4.79 Å². The number of ether oxygens (including phenoxy) is 2. The van der Waals surface area contributed by atoms with Crippen molar-refractivity contribution in [2.45, 2.75) is 59.2 Å². The van der Waals surface area contributed by atoms with Crippen LogP contribution in [0, 0.1) is 0 Å². The molecule has 1 aromatic carbocycles. The Morgan fingerprint density at radius 1 is 1.24 bits per heavy atom. The van der Waals surface area contributed by atoms with Crippen LogP contribution in [-0.4, -0.2) is 24.2 Å². The van der Waals surface area contributed by atoms with Crippen LogP contribution in [0.3, 0.4) is 0 Å². The van der Waals surface area contributed by atoms with E-state index in [9.17, 15) is 4.79 Å². The number of rotatable bonds is 8. The molecule has 0 aromatic heterocycles. The van der Waals surface area contributed by atoms with E-state index in [1.54, 1.807) is 0 Å². The predicted octanol–water partition coefficient (Wildman–Crippen LogP) is 4.01. The lowest BCUT2D eigenvalue weighted by atomic mass is 10.0.